The van der Waals surface area contributed by atoms with E-state index >= 15 is 0 Å². The van der Waals surface area contributed by atoms with Crippen LogP contribution in [0.25, 0.3) is 0 Å². The molecule has 0 saturated carbocycles. The molecule has 0 aliphatic carbocycles. The van der Waals surface area contributed by atoms with E-state index in [1.807, 2.05) is 0 Å². The molecule has 8 nitrogen and oxygen atoms in total. The van der Waals surface area contributed by atoms with Crippen molar-refractivity contribution in [2.24, 2.45) is 0 Å². The molecule has 0 aromatic carbocycles. The fourth-order valence-corrected chi connectivity index (χ4v) is 1.21. The van der Waals surface area contributed by atoms with Crippen LogP contribution in [0.1, 0.15) is 33.1 Å². The van der Waals surface area contributed by atoms with Gasteiger partial charge in [0.05, 0.1) is 6.61 Å². The Hall–Kier alpha value is -2.38. The van der Waals surface area contributed by atoms with Crippen molar-refractivity contribution < 1.29 is 38.5 Å². The Kier molecular flexibility index (Phi) is 10.1. The standard InChI is InChI=1S/C14H20O8/c1-3-12(17)21-9-10(22-13(18)4-2)7-8-20-14(19)6-5-11(15)16/h5-6,10H,3-4,7-9H2,1-2H3,(H,15,16)/b6-5+/t10-/m0/s1. The van der Waals surface area contributed by atoms with E-state index in [1.54, 1.807) is 13.8 Å². The number of carbonyl (C=O) groups is 4. The Balaban J connectivity index is 4.27. The van der Waals surface area contributed by atoms with Gasteiger partial charge in [-0.25, -0.2) is 9.59 Å². The van der Waals surface area contributed by atoms with Crippen LogP contribution in [0, 0.1) is 0 Å². The summed E-state index contributed by atoms with van der Waals surface area (Å²) in [6.07, 6.45) is 1.20. The summed E-state index contributed by atoms with van der Waals surface area (Å²) in [6, 6.07) is 0. The highest BCUT2D eigenvalue weighted by atomic mass is 16.6. The predicted molar refractivity (Wildman–Crippen MR) is 73.8 cm³/mol. The Morgan fingerprint density at radius 2 is 1.64 bits per heavy atom. The molecule has 0 radical (unpaired) electrons. The summed E-state index contributed by atoms with van der Waals surface area (Å²) in [5.41, 5.74) is 0. The number of hydrogen-bond donors (Lipinski definition) is 1. The molecule has 0 aliphatic heterocycles. The highest BCUT2D eigenvalue weighted by molar-refractivity contribution is 5.90. The Bertz CT molecular complexity index is 427. The van der Waals surface area contributed by atoms with Crippen molar-refractivity contribution in [3.8, 4) is 0 Å². The van der Waals surface area contributed by atoms with Gasteiger partial charge in [-0.3, -0.25) is 9.59 Å². The topological polar surface area (TPSA) is 116 Å². The first-order chi connectivity index (χ1) is 10.4. The zero-order chi connectivity index (χ0) is 17.0. The lowest BCUT2D eigenvalue weighted by molar-refractivity contribution is -0.160. The van der Waals surface area contributed by atoms with Gasteiger partial charge in [-0.2, -0.15) is 0 Å². The third kappa shape index (κ3) is 10.4. The second-order valence-electron chi connectivity index (χ2n) is 4.13. The zero-order valence-electron chi connectivity index (χ0n) is 12.6. The van der Waals surface area contributed by atoms with Crippen LogP contribution in [0.15, 0.2) is 12.2 Å². The van der Waals surface area contributed by atoms with Gasteiger partial charge in [0.25, 0.3) is 0 Å². The van der Waals surface area contributed by atoms with Crippen LogP contribution in [-0.4, -0.2) is 48.3 Å². The molecule has 0 rings (SSSR count). The van der Waals surface area contributed by atoms with Gasteiger partial charge in [-0.15, -0.1) is 0 Å². The zero-order valence-corrected chi connectivity index (χ0v) is 12.6. The summed E-state index contributed by atoms with van der Waals surface area (Å²) in [5, 5.41) is 8.35. The minimum Gasteiger partial charge on any atom is -0.478 e. The van der Waals surface area contributed by atoms with E-state index in [-0.39, 0.29) is 32.5 Å². The van der Waals surface area contributed by atoms with Gasteiger partial charge >= 0.3 is 23.9 Å². The van der Waals surface area contributed by atoms with Crippen molar-refractivity contribution in [1.29, 1.82) is 0 Å². The van der Waals surface area contributed by atoms with Gasteiger partial charge in [0.1, 0.15) is 12.7 Å². The molecule has 124 valence electrons. The summed E-state index contributed by atoms with van der Waals surface area (Å²) in [5.74, 6) is -2.99. The highest BCUT2D eigenvalue weighted by Crippen LogP contribution is 2.04. The number of aliphatic carboxylic acids is 1. The molecule has 8 heteroatoms. The lowest BCUT2D eigenvalue weighted by atomic mass is 10.2. The molecule has 0 bridgehead atoms. The van der Waals surface area contributed by atoms with Crippen LogP contribution in [-0.2, 0) is 33.4 Å². The van der Waals surface area contributed by atoms with E-state index in [2.05, 4.69) is 0 Å². The average molecular weight is 316 g/mol. The molecule has 0 amide bonds. The average Bonchev–Trinajstić information content (AvgIpc) is 2.49. The molecule has 0 unspecified atom stereocenters. The number of ether oxygens (including phenoxy) is 3. The third-order valence-corrected chi connectivity index (χ3v) is 2.35. The Labute approximate surface area is 128 Å². The van der Waals surface area contributed by atoms with Crippen molar-refractivity contribution in [2.75, 3.05) is 13.2 Å². The molecule has 1 N–H and O–H groups in total. The normalized spacial score (nSPS) is 11.7. The van der Waals surface area contributed by atoms with Crippen LogP contribution in [0.5, 0.6) is 0 Å². The number of rotatable bonds is 10. The van der Waals surface area contributed by atoms with Gasteiger partial charge < -0.3 is 19.3 Å². The minimum atomic E-state index is -1.27. The minimum absolute atomic E-state index is 0.103. The van der Waals surface area contributed by atoms with Gasteiger partial charge in [-0.05, 0) is 0 Å². The van der Waals surface area contributed by atoms with Gasteiger partial charge in [0.2, 0.25) is 0 Å². The Morgan fingerprint density at radius 3 is 2.18 bits per heavy atom. The monoisotopic (exact) mass is 316 g/mol. The fourth-order valence-electron chi connectivity index (χ4n) is 1.21. The summed E-state index contributed by atoms with van der Waals surface area (Å²) < 4.78 is 14.7. The molecule has 1 atom stereocenters. The van der Waals surface area contributed by atoms with E-state index < -0.39 is 30.0 Å². The van der Waals surface area contributed by atoms with Crippen molar-refractivity contribution >= 4 is 23.9 Å². The number of hydrogen-bond acceptors (Lipinski definition) is 7. The van der Waals surface area contributed by atoms with E-state index in [0.717, 1.165) is 6.08 Å². The van der Waals surface area contributed by atoms with Gasteiger partial charge in [0, 0.05) is 31.4 Å². The molecular formula is C14H20O8. The van der Waals surface area contributed by atoms with Gasteiger partial charge in [0.15, 0.2) is 0 Å². The first kappa shape index (κ1) is 19.6. The largest absolute Gasteiger partial charge is 0.478 e. The van der Waals surface area contributed by atoms with E-state index in [4.69, 9.17) is 19.3 Å². The molecule has 0 saturated heterocycles. The molecule has 0 spiro atoms. The molecular weight excluding hydrogens is 296 g/mol. The van der Waals surface area contributed by atoms with Crippen LogP contribution in [0.4, 0.5) is 0 Å². The van der Waals surface area contributed by atoms with E-state index in [1.165, 1.54) is 0 Å². The van der Waals surface area contributed by atoms with Gasteiger partial charge in [-0.1, -0.05) is 13.8 Å². The summed E-state index contributed by atoms with van der Waals surface area (Å²) in [4.78, 5) is 43.7. The molecule has 22 heavy (non-hydrogen) atoms. The number of esters is 3. The molecule has 0 aromatic rings. The lowest BCUT2D eigenvalue weighted by Gasteiger charge is -2.17. The second-order valence-corrected chi connectivity index (χ2v) is 4.13. The third-order valence-electron chi connectivity index (χ3n) is 2.35. The summed E-state index contributed by atoms with van der Waals surface area (Å²) in [7, 11) is 0. The molecule has 0 aromatic heterocycles. The highest BCUT2D eigenvalue weighted by Gasteiger charge is 2.16. The first-order valence-corrected chi connectivity index (χ1v) is 6.81. The Morgan fingerprint density at radius 1 is 1.00 bits per heavy atom. The maximum absolute atomic E-state index is 11.3. The van der Waals surface area contributed by atoms with Crippen molar-refractivity contribution in [3.63, 3.8) is 0 Å². The summed E-state index contributed by atoms with van der Waals surface area (Å²) in [6.45, 7) is 3.02. The van der Waals surface area contributed by atoms with Crippen molar-refractivity contribution in [1.82, 2.24) is 0 Å². The van der Waals surface area contributed by atoms with E-state index in [9.17, 15) is 19.2 Å². The quantitative estimate of drug-likeness (QED) is 0.358. The lowest BCUT2D eigenvalue weighted by Crippen LogP contribution is -2.26. The van der Waals surface area contributed by atoms with Crippen molar-refractivity contribution in [3.05, 3.63) is 12.2 Å². The maximum Gasteiger partial charge on any atom is 0.331 e. The molecule has 0 heterocycles. The molecule has 0 fully saturated rings. The second kappa shape index (κ2) is 11.3. The first-order valence-electron chi connectivity index (χ1n) is 6.81. The van der Waals surface area contributed by atoms with Crippen molar-refractivity contribution in [2.45, 2.75) is 39.2 Å². The van der Waals surface area contributed by atoms with Crippen LogP contribution >= 0.6 is 0 Å². The molecule has 0 aliphatic rings. The number of carboxylic acid groups (broad SMARTS) is 1. The number of carbonyl (C=O) groups excluding carboxylic acids is 3. The van der Waals surface area contributed by atoms with Crippen LogP contribution in [0.2, 0.25) is 0 Å². The maximum atomic E-state index is 11.3. The smallest absolute Gasteiger partial charge is 0.331 e. The summed E-state index contributed by atoms with van der Waals surface area (Å²) >= 11 is 0. The number of carboxylic acids is 1. The fraction of sp³-hybridized carbons (Fsp3) is 0.571. The SMILES string of the molecule is CCC(=O)OC[C@H](CCOC(=O)/C=C/C(=O)O)OC(=O)CC. The van der Waals surface area contributed by atoms with E-state index in [0.29, 0.717) is 6.08 Å². The predicted octanol–water partition coefficient (Wildman–Crippen LogP) is 0.835. The van der Waals surface area contributed by atoms with Crippen LogP contribution in [0.3, 0.4) is 0 Å². The van der Waals surface area contributed by atoms with Crippen LogP contribution < -0.4 is 0 Å².